The Balaban J connectivity index is 2.41. The number of amides is 1. The van der Waals surface area contributed by atoms with Gasteiger partial charge in [0.15, 0.2) is 0 Å². The van der Waals surface area contributed by atoms with Crippen LogP contribution in [0.5, 0.6) is 0 Å². The van der Waals surface area contributed by atoms with Crippen LogP contribution in [0.1, 0.15) is 22.8 Å². The summed E-state index contributed by atoms with van der Waals surface area (Å²) in [6.07, 6.45) is 0.705. The minimum absolute atomic E-state index is 0.0513. The Morgan fingerprint density at radius 1 is 1.56 bits per heavy atom. The van der Waals surface area contributed by atoms with Gasteiger partial charge in [-0.15, -0.1) is 0 Å². The van der Waals surface area contributed by atoms with Crippen LogP contribution < -0.4 is 10.2 Å². The maximum Gasteiger partial charge on any atom is 0.242 e. The summed E-state index contributed by atoms with van der Waals surface area (Å²) < 4.78 is 0. The average molecular weight is 243 g/mol. The van der Waals surface area contributed by atoms with Gasteiger partial charge in [0.2, 0.25) is 5.91 Å². The summed E-state index contributed by atoms with van der Waals surface area (Å²) in [5.41, 5.74) is 1.58. The van der Waals surface area contributed by atoms with Crippen LogP contribution >= 0.6 is 0 Å². The van der Waals surface area contributed by atoms with Gasteiger partial charge in [-0.2, -0.15) is 5.26 Å². The summed E-state index contributed by atoms with van der Waals surface area (Å²) >= 11 is 0. The molecule has 1 atom stereocenters. The molecule has 2 rings (SSSR count). The first-order chi connectivity index (χ1) is 8.67. The van der Waals surface area contributed by atoms with E-state index in [0.29, 0.717) is 36.2 Å². The van der Waals surface area contributed by atoms with Crippen LogP contribution in [-0.4, -0.2) is 31.3 Å². The summed E-state index contributed by atoms with van der Waals surface area (Å²) in [5.74, 6) is -0.0513. The summed E-state index contributed by atoms with van der Waals surface area (Å²) in [6.45, 7) is 3.01. The van der Waals surface area contributed by atoms with Crippen LogP contribution in [0, 0.1) is 11.3 Å². The molecule has 0 aliphatic carbocycles. The number of benzene rings is 1. The summed E-state index contributed by atoms with van der Waals surface area (Å²) in [7, 11) is 0. The molecule has 18 heavy (non-hydrogen) atoms. The van der Waals surface area contributed by atoms with Gasteiger partial charge in [-0.25, -0.2) is 0 Å². The first-order valence-electron chi connectivity index (χ1n) is 5.71. The highest BCUT2D eigenvalue weighted by atomic mass is 16.2. The van der Waals surface area contributed by atoms with Crippen molar-refractivity contribution in [2.75, 3.05) is 18.0 Å². The molecule has 5 heteroatoms. The molecular weight excluding hydrogens is 230 g/mol. The van der Waals surface area contributed by atoms with E-state index in [2.05, 4.69) is 11.4 Å². The highest BCUT2D eigenvalue weighted by molar-refractivity contribution is 5.87. The molecule has 1 aromatic carbocycles. The van der Waals surface area contributed by atoms with Crippen molar-refractivity contribution in [2.45, 2.75) is 13.0 Å². The Morgan fingerprint density at radius 3 is 3.00 bits per heavy atom. The molecule has 1 aromatic rings. The molecule has 0 radical (unpaired) electrons. The SMILES string of the molecule is CC1C(=O)NCCN1c1ccc(C=O)cc1C#N. The van der Waals surface area contributed by atoms with Gasteiger partial charge in [-0.1, -0.05) is 0 Å². The Morgan fingerprint density at radius 2 is 2.33 bits per heavy atom. The second-order valence-electron chi connectivity index (χ2n) is 4.17. The summed E-state index contributed by atoms with van der Waals surface area (Å²) in [4.78, 5) is 24.2. The molecule has 92 valence electrons. The van der Waals surface area contributed by atoms with E-state index in [0.717, 1.165) is 0 Å². The fraction of sp³-hybridized carbons (Fsp3) is 0.308. The molecule has 0 bridgehead atoms. The van der Waals surface area contributed by atoms with Crippen LogP contribution in [0.25, 0.3) is 0 Å². The second-order valence-corrected chi connectivity index (χ2v) is 4.17. The van der Waals surface area contributed by atoms with Crippen molar-refractivity contribution >= 4 is 17.9 Å². The van der Waals surface area contributed by atoms with E-state index in [4.69, 9.17) is 5.26 Å². The third-order valence-corrected chi connectivity index (χ3v) is 3.09. The minimum atomic E-state index is -0.312. The van der Waals surface area contributed by atoms with Crippen LogP contribution in [0.2, 0.25) is 0 Å². The number of carbonyl (C=O) groups excluding carboxylic acids is 2. The number of anilines is 1. The molecule has 1 unspecified atom stereocenters. The van der Waals surface area contributed by atoms with Crippen molar-refractivity contribution in [2.24, 2.45) is 0 Å². The van der Waals surface area contributed by atoms with Gasteiger partial charge in [0.1, 0.15) is 18.4 Å². The topological polar surface area (TPSA) is 73.2 Å². The number of hydrogen-bond donors (Lipinski definition) is 1. The molecule has 0 aromatic heterocycles. The molecule has 1 aliphatic rings. The standard InChI is InChI=1S/C13H13N3O2/c1-9-13(18)15-4-5-16(9)12-3-2-10(8-17)6-11(12)7-14/h2-3,6,8-9H,4-5H2,1H3,(H,15,18). The van der Waals surface area contributed by atoms with Crippen molar-refractivity contribution in [1.29, 1.82) is 5.26 Å². The van der Waals surface area contributed by atoms with Gasteiger partial charge in [0, 0.05) is 18.7 Å². The van der Waals surface area contributed by atoms with E-state index in [-0.39, 0.29) is 11.9 Å². The van der Waals surface area contributed by atoms with E-state index >= 15 is 0 Å². The van der Waals surface area contributed by atoms with E-state index in [9.17, 15) is 9.59 Å². The summed E-state index contributed by atoms with van der Waals surface area (Å²) in [6, 6.07) is 6.68. The predicted molar refractivity (Wildman–Crippen MR) is 66.4 cm³/mol. The normalized spacial score (nSPS) is 19.0. The number of nitrogens with zero attached hydrogens (tertiary/aromatic N) is 2. The number of rotatable bonds is 2. The van der Waals surface area contributed by atoms with Crippen molar-refractivity contribution in [3.63, 3.8) is 0 Å². The first-order valence-corrected chi connectivity index (χ1v) is 5.71. The molecule has 1 N–H and O–H groups in total. The van der Waals surface area contributed by atoms with Crippen LogP contribution in [0.4, 0.5) is 5.69 Å². The zero-order valence-corrected chi connectivity index (χ0v) is 10.0. The lowest BCUT2D eigenvalue weighted by atomic mass is 10.1. The van der Waals surface area contributed by atoms with Crippen LogP contribution in [0.3, 0.4) is 0 Å². The van der Waals surface area contributed by atoms with E-state index < -0.39 is 0 Å². The molecule has 1 aliphatic heterocycles. The van der Waals surface area contributed by atoms with Gasteiger partial charge < -0.3 is 10.2 Å². The lowest BCUT2D eigenvalue weighted by Crippen LogP contribution is -2.54. The van der Waals surface area contributed by atoms with E-state index in [1.54, 1.807) is 25.1 Å². The Kier molecular flexibility index (Phi) is 3.28. The first kappa shape index (κ1) is 12.1. The number of nitrogens with one attached hydrogen (secondary N) is 1. The third-order valence-electron chi connectivity index (χ3n) is 3.09. The van der Waals surface area contributed by atoms with E-state index in [1.807, 2.05) is 4.90 Å². The van der Waals surface area contributed by atoms with Gasteiger partial charge >= 0.3 is 0 Å². The largest absolute Gasteiger partial charge is 0.357 e. The average Bonchev–Trinajstić information content (AvgIpc) is 2.41. The second kappa shape index (κ2) is 4.88. The van der Waals surface area contributed by atoms with Crippen molar-refractivity contribution in [3.05, 3.63) is 29.3 Å². The Hall–Kier alpha value is -2.35. The minimum Gasteiger partial charge on any atom is -0.357 e. The zero-order valence-electron chi connectivity index (χ0n) is 10.0. The molecule has 1 saturated heterocycles. The van der Waals surface area contributed by atoms with Gasteiger partial charge in [-0.05, 0) is 25.1 Å². The maximum absolute atomic E-state index is 11.6. The molecular formula is C13H13N3O2. The number of piperazine rings is 1. The fourth-order valence-electron chi connectivity index (χ4n) is 2.08. The maximum atomic E-state index is 11.6. The van der Waals surface area contributed by atoms with E-state index in [1.165, 1.54) is 0 Å². The van der Waals surface area contributed by atoms with Crippen molar-refractivity contribution in [3.8, 4) is 6.07 Å². The highest BCUT2D eigenvalue weighted by Gasteiger charge is 2.27. The van der Waals surface area contributed by atoms with Gasteiger partial charge in [-0.3, -0.25) is 9.59 Å². The third kappa shape index (κ3) is 2.05. The van der Waals surface area contributed by atoms with Gasteiger partial charge in [0.05, 0.1) is 11.3 Å². The highest BCUT2D eigenvalue weighted by Crippen LogP contribution is 2.24. The van der Waals surface area contributed by atoms with Crippen molar-refractivity contribution in [1.82, 2.24) is 5.32 Å². The van der Waals surface area contributed by atoms with Crippen LogP contribution in [0.15, 0.2) is 18.2 Å². The number of aldehydes is 1. The number of hydrogen-bond acceptors (Lipinski definition) is 4. The van der Waals surface area contributed by atoms with Crippen LogP contribution in [-0.2, 0) is 4.79 Å². The lowest BCUT2D eigenvalue weighted by molar-refractivity contribution is -0.122. The molecule has 1 amide bonds. The van der Waals surface area contributed by atoms with Gasteiger partial charge in [0.25, 0.3) is 0 Å². The number of carbonyl (C=O) groups is 2. The lowest BCUT2D eigenvalue weighted by Gasteiger charge is -2.35. The quantitative estimate of drug-likeness (QED) is 0.776. The Bertz CT molecular complexity index is 534. The molecule has 1 heterocycles. The molecule has 1 fully saturated rings. The molecule has 5 nitrogen and oxygen atoms in total. The van der Waals surface area contributed by atoms with Crippen molar-refractivity contribution < 1.29 is 9.59 Å². The Labute approximate surface area is 105 Å². The monoisotopic (exact) mass is 243 g/mol. The fourth-order valence-corrected chi connectivity index (χ4v) is 2.08. The zero-order chi connectivity index (χ0) is 13.1. The number of nitriles is 1. The summed E-state index contributed by atoms with van der Waals surface area (Å²) in [5, 5.41) is 11.9. The molecule has 0 saturated carbocycles. The smallest absolute Gasteiger partial charge is 0.242 e. The molecule has 0 spiro atoms. The predicted octanol–water partition coefficient (Wildman–Crippen LogP) is 0.695.